The number of carboxylic acid groups (broad SMARTS) is 1. The van der Waals surface area contributed by atoms with Gasteiger partial charge in [0.2, 0.25) is 0 Å². The molecule has 0 aliphatic rings. The Morgan fingerprint density at radius 1 is 1.47 bits per heavy atom. The van der Waals surface area contributed by atoms with Crippen LogP contribution in [0.1, 0.15) is 22.3 Å². The molecular formula is C11H8Br2O2. The van der Waals surface area contributed by atoms with Crippen molar-refractivity contribution < 1.29 is 9.90 Å². The maximum Gasteiger partial charge on any atom is 0.337 e. The summed E-state index contributed by atoms with van der Waals surface area (Å²) >= 11 is 6.48. The minimum Gasteiger partial charge on any atom is -0.478 e. The fourth-order valence-electron chi connectivity index (χ4n) is 1.01. The molecule has 0 unspecified atom stereocenters. The molecule has 0 spiro atoms. The normalized spacial score (nSPS) is 9.20. The second kappa shape index (κ2) is 5.94. The first-order valence-electron chi connectivity index (χ1n) is 4.23. The SMILES string of the molecule is O=C(O)c1cc(Br)ccc1C#CCCBr. The molecule has 0 radical (unpaired) electrons. The van der Waals surface area contributed by atoms with Gasteiger partial charge in [-0.15, -0.1) is 0 Å². The van der Waals surface area contributed by atoms with Crippen molar-refractivity contribution in [2.75, 3.05) is 5.33 Å². The Kier molecular flexibility index (Phi) is 4.86. The van der Waals surface area contributed by atoms with E-state index in [1.807, 2.05) is 0 Å². The van der Waals surface area contributed by atoms with E-state index in [9.17, 15) is 4.79 Å². The van der Waals surface area contributed by atoms with Crippen LogP contribution < -0.4 is 0 Å². The van der Waals surface area contributed by atoms with Gasteiger partial charge >= 0.3 is 5.97 Å². The third-order valence-corrected chi connectivity index (χ3v) is 2.54. The molecule has 2 nitrogen and oxygen atoms in total. The number of alkyl halides is 1. The Morgan fingerprint density at radius 3 is 2.80 bits per heavy atom. The highest BCUT2D eigenvalue weighted by molar-refractivity contribution is 9.10. The first-order chi connectivity index (χ1) is 7.15. The molecule has 0 saturated carbocycles. The van der Waals surface area contributed by atoms with Gasteiger partial charge in [0.1, 0.15) is 0 Å². The molecule has 1 N–H and O–H groups in total. The maximum atomic E-state index is 10.9. The summed E-state index contributed by atoms with van der Waals surface area (Å²) in [5, 5.41) is 9.74. The zero-order chi connectivity index (χ0) is 11.3. The number of benzene rings is 1. The van der Waals surface area contributed by atoms with Crippen molar-refractivity contribution in [3.63, 3.8) is 0 Å². The van der Waals surface area contributed by atoms with Crippen molar-refractivity contribution in [2.24, 2.45) is 0 Å². The number of carboxylic acids is 1. The van der Waals surface area contributed by atoms with Crippen LogP contribution in [0.25, 0.3) is 0 Å². The van der Waals surface area contributed by atoms with Gasteiger partial charge < -0.3 is 5.11 Å². The number of rotatable bonds is 2. The maximum absolute atomic E-state index is 10.9. The first-order valence-corrected chi connectivity index (χ1v) is 6.14. The monoisotopic (exact) mass is 330 g/mol. The van der Waals surface area contributed by atoms with Crippen molar-refractivity contribution in [1.29, 1.82) is 0 Å². The molecular weight excluding hydrogens is 324 g/mol. The fraction of sp³-hybridized carbons (Fsp3) is 0.182. The molecule has 1 rings (SSSR count). The quantitative estimate of drug-likeness (QED) is 0.667. The van der Waals surface area contributed by atoms with Crippen molar-refractivity contribution in [2.45, 2.75) is 6.42 Å². The molecule has 0 aliphatic carbocycles. The van der Waals surface area contributed by atoms with Crippen LogP contribution in [0, 0.1) is 11.8 Å². The molecule has 78 valence electrons. The van der Waals surface area contributed by atoms with Gasteiger partial charge in [-0.05, 0) is 18.2 Å². The highest BCUT2D eigenvalue weighted by Gasteiger charge is 2.08. The second-order valence-corrected chi connectivity index (χ2v) is 4.44. The van der Waals surface area contributed by atoms with Crippen LogP contribution in [0.3, 0.4) is 0 Å². The molecule has 0 atom stereocenters. The van der Waals surface area contributed by atoms with E-state index >= 15 is 0 Å². The Labute approximate surface area is 105 Å². The van der Waals surface area contributed by atoms with Crippen LogP contribution >= 0.6 is 31.9 Å². The molecule has 0 heterocycles. The van der Waals surface area contributed by atoms with Crippen molar-refractivity contribution >= 4 is 37.8 Å². The highest BCUT2D eigenvalue weighted by Crippen LogP contribution is 2.16. The molecule has 0 amide bonds. The predicted octanol–water partition coefficient (Wildman–Crippen LogP) is 3.28. The molecule has 0 saturated heterocycles. The highest BCUT2D eigenvalue weighted by atomic mass is 79.9. The largest absolute Gasteiger partial charge is 0.478 e. The molecule has 15 heavy (non-hydrogen) atoms. The lowest BCUT2D eigenvalue weighted by Crippen LogP contribution is -1.99. The lowest BCUT2D eigenvalue weighted by Gasteiger charge is -1.99. The second-order valence-electron chi connectivity index (χ2n) is 2.74. The number of hydrogen-bond acceptors (Lipinski definition) is 1. The molecule has 0 fully saturated rings. The van der Waals surface area contributed by atoms with E-state index in [2.05, 4.69) is 43.7 Å². The Balaban J connectivity index is 3.08. The zero-order valence-corrected chi connectivity index (χ0v) is 10.9. The summed E-state index contributed by atoms with van der Waals surface area (Å²) < 4.78 is 0.742. The van der Waals surface area contributed by atoms with E-state index in [1.54, 1.807) is 18.2 Å². The van der Waals surface area contributed by atoms with Gasteiger partial charge in [-0.1, -0.05) is 43.7 Å². The standard InChI is InChI=1S/C11H8Br2O2/c12-6-2-1-3-8-4-5-9(13)7-10(8)11(14)15/h4-5,7H,2,6H2,(H,14,15). The number of aromatic carboxylic acids is 1. The van der Waals surface area contributed by atoms with Gasteiger partial charge in [0, 0.05) is 21.8 Å². The average molecular weight is 332 g/mol. The Bertz CT molecular complexity index is 430. The van der Waals surface area contributed by atoms with Crippen LogP contribution in [0.2, 0.25) is 0 Å². The molecule has 0 aliphatic heterocycles. The minimum atomic E-state index is -0.959. The molecule has 0 bridgehead atoms. The van der Waals surface area contributed by atoms with Gasteiger partial charge in [0.25, 0.3) is 0 Å². The van der Waals surface area contributed by atoms with Gasteiger partial charge in [0.15, 0.2) is 0 Å². The Hall–Kier alpha value is -0.790. The third-order valence-electron chi connectivity index (χ3n) is 1.65. The van der Waals surface area contributed by atoms with Crippen LogP contribution in [-0.4, -0.2) is 16.4 Å². The van der Waals surface area contributed by atoms with E-state index < -0.39 is 5.97 Å². The van der Waals surface area contributed by atoms with Crippen LogP contribution in [-0.2, 0) is 0 Å². The summed E-state index contributed by atoms with van der Waals surface area (Å²) in [5.74, 6) is 4.77. The fourth-order valence-corrected chi connectivity index (χ4v) is 1.57. The number of carbonyl (C=O) groups is 1. The smallest absolute Gasteiger partial charge is 0.337 e. The Morgan fingerprint density at radius 2 is 2.20 bits per heavy atom. The summed E-state index contributed by atoms with van der Waals surface area (Å²) in [7, 11) is 0. The predicted molar refractivity (Wildman–Crippen MR) is 66.4 cm³/mol. The number of halogens is 2. The summed E-state index contributed by atoms with van der Waals surface area (Å²) in [4.78, 5) is 10.9. The van der Waals surface area contributed by atoms with Gasteiger partial charge in [-0.25, -0.2) is 4.79 Å². The molecule has 1 aromatic carbocycles. The summed E-state index contributed by atoms with van der Waals surface area (Å²) in [6, 6.07) is 5.04. The van der Waals surface area contributed by atoms with Crippen molar-refractivity contribution in [3.05, 3.63) is 33.8 Å². The van der Waals surface area contributed by atoms with E-state index in [-0.39, 0.29) is 5.56 Å². The van der Waals surface area contributed by atoms with Crippen LogP contribution in [0.15, 0.2) is 22.7 Å². The lowest BCUT2D eigenvalue weighted by atomic mass is 10.1. The summed E-state index contributed by atoms with van der Waals surface area (Å²) in [6.07, 6.45) is 0.703. The van der Waals surface area contributed by atoms with E-state index in [0.717, 1.165) is 9.80 Å². The summed E-state index contributed by atoms with van der Waals surface area (Å²) in [6.45, 7) is 0. The van der Waals surface area contributed by atoms with Crippen LogP contribution in [0.4, 0.5) is 0 Å². The van der Waals surface area contributed by atoms with Gasteiger partial charge in [-0.2, -0.15) is 0 Å². The molecule has 1 aromatic rings. The average Bonchev–Trinajstić information content (AvgIpc) is 2.20. The first kappa shape index (κ1) is 12.3. The molecule has 4 heteroatoms. The topological polar surface area (TPSA) is 37.3 Å². The summed E-state index contributed by atoms with van der Waals surface area (Å²) in [5.41, 5.74) is 0.776. The lowest BCUT2D eigenvalue weighted by molar-refractivity contribution is 0.0696. The number of hydrogen-bond donors (Lipinski definition) is 1. The molecule has 0 aromatic heterocycles. The van der Waals surface area contributed by atoms with E-state index in [4.69, 9.17) is 5.11 Å². The van der Waals surface area contributed by atoms with E-state index in [0.29, 0.717) is 12.0 Å². The minimum absolute atomic E-state index is 0.228. The third kappa shape index (κ3) is 3.69. The zero-order valence-electron chi connectivity index (χ0n) is 7.76. The van der Waals surface area contributed by atoms with Crippen LogP contribution in [0.5, 0.6) is 0 Å². The van der Waals surface area contributed by atoms with Crippen molar-refractivity contribution in [1.82, 2.24) is 0 Å². The van der Waals surface area contributed by atoms with Crippen molar-refractivity contribution in [3.8, 4) is 11.8 Å². The van der Waals surface area contributed by atoms with E-state index in [1.165, 1.54) is 0 Å². The van der Waals surface area contributed by atoms with Gasteiger partial charge in [-0.3, -0.25) is 0 Å². The van der Waals surface area contributed by atoms with Gasteiger partial charge in [0.05, 0.1) is 5.56 Å².